The fraction of sp³-hybridized carbons (Fsp3) is 0.286. The molecule has 100 valence electrons. The van der Waals surface area contributed by atoms with Crippen molar-refractivity contribution in [2.45, 2.75) is 26.5 Å². The molecule has 0 saturated heterocycles. The Hall–Kier alpha value is -2.30. The van der Waals surface area contributed by atoms with Crippen LogP contribution in [0.4, 0.5) is 0 Å². The molecule has 0 fully saturated rings. The molecule has 0 radical (unpaired) electrons. The molecule has 5 heteroatoms. The minimum atomic E-state index is -0.120. The number of carbonyl (C=O) groups excluding carboxylic acids is 1. The lowest BCUT2D eigenvalue weighted by Gasteiger charge is -2.10. The average Bonchev–Trinajstić information content (AvgIpc) is 2.89. The molecule has 2 rings (SSSR count). The van der Waals surface area contributed by atoms with E-state index in [9.17, 15) is 4.79 Å². The number of amides is 1. The third-order valence-corrected chi connectivity index (χ3v) is 2.48. The molecule has 1 aromatic carbocycles. The molecule has 1 heterocycles. The molecule has 2 aromatic rings. The molecule has 2 N–H and O–H groups in total. The fourth-order valence-electron chi connectivity index (χ4n) is 1.62. The number of hydrogen-bond acceptors (Lipinski definition) is 3. The van der Waals surface area contributed by atoms with Crippen LogP contribution in [-0.2, 0) is 6.54 Å². The van der Waals surface area contributed by atoms with Gasteiger partial charge in [0.25, 0.3) is 5.91 Å². The van der Waals surface area contributed by atoms with Crippen molar-refractivity contribution in [3.05, 3.63) is 48.0 Å². The topological polar surface area (TPSA) is 67.0 Å². The van der Waals surface area contributed by atoms with E-state index in [1.165, 1.54) is 0 Å². The predicted molar refractivity (Wildman–Crippen MR) is 72.0 cm³/mol. The Kier molecular flexibility index (Phi) is 4.18. The average molecular weight is 259 g/mol. The van der Waals surface area contributed by atoms with Gasteiger partial charge < -0.3 is 15.0 Å². The van der Waals surface area contributed by atoms with Crippen LogP contribution >= 0.6 is 0 Å². The zero-order chi connectivity index (χ0) is 13.7. The third kappa shape index (κ3) is 3.84. The van der Waals surface area contributed by atoms with Gasteiger partial charge in [0, 0.05) is 11.8 Å². The third-order valence-electron chi connectivity index (χ3n) is 2.48. The number of imidazole rings is 1. The molecule has 0 spiro atoms. The van der Waals surface area contributed by atoms with E-state index >= 15 is 0 Å². The zero-order valence-corrected chi connectivity index (χ0v) is 11.0. The van der Waals surface area contributed by atoms with Crippen LogP contribution in [0.2, 0.25) is 0 Å². The van der Waals surface area contributed by atoms with Gasteiger partial charge in [-0.05, 0) is 38.1 Å². The van der Waals surface area contributed by atoms with Gasteiger partial charge in [-0.3, -0.25) is 4.79 Å². The highest BCUT2D eigenvalue weighted by atomic mass is 16.5. The highest BCUT2D eigenvalue weighted by Crippen LogP contribution is 2.13. The molecule has 0 unspecified atom stereocenters. The number of rotatable bonds is 5. The molecule has 0 aliphatic carbocycles. The quantitative estimate of drug-likeness (QED) is 0.864. The number of aromatic amines is 1. The minimum Gasteiger partial charge on any atom is -0.491 e. The van der Waals surface area contributed by atoms with Gasteiger partial charge in [-0.25, -0.2) is 4.98 Å². The normalized spacial score (nSPS) is 10.5. The summed E-state index contributed by atoms with van der Waals surface area (Å²) in [5, 5.41) is 2.81. The van der Waals surface area contributed by atoms with Gasteiger partial charge in [-0.2, -0.15) is 0 Å². The van der Waals surface area contributed by atoms with E-state index < -0.39 is 0 Å². The largest absolute Gasteiger partial charge is 0.491 e. The van der Waals surface area contributed by atoms with Gasteiger partial charge in [0.05, 0.1) is 24.7 Å². The number of nitrogens with one attached hydrogen (secondary N) is 2. The minimum absolute atomic E-state index is 0.120. The van der Waals surface area contributed by atoms with E-state index in [4.69, 9.17) is 4.74 Å². The van der Waals surface area contributed by atoms with Gasteiger partial charge in [0.15, 0.2) is 0 Å². The summed E-state index contributed by atoms with van der Waals surface area (Å²) >= 11 is 0. The summed E-state index contributed by atoms with van der Waals surface area (Å²) in [5.74, 6) is 0.644. The van der Waals surface area contributed by atoms with Crippen molar-refractivity contribution in [2.75, 3.05) is 0 Å². The van der Waals surface area contributed by atoms with E-state index in [2.05, 4.69) is 15.3 Å². The van der Waals surface area contributed by atoms with Gasteiger partial charge in [-0.1, -0.05) is 0 Å². The standard InChI is InChI=1S/C14H17N3O2/c1-10(2)19-13-5-3-11(4-6-13)14(18)16-8-12-7-15-9-17-12/h3-7,9-10H,8H2,1-2H3,(H,15,17)(H,16,18). The van der Waals surface area contributed by atoms with E-state index in [1.54, 1.807) is 36.8 Å². The molecule has 0 aliphatic heterocycles. The maximum Gasteiger partial charge on any atom is 0.251 e. The van der Waals surface area contributed by atoms with Crippen molar-refractivity contribution in [3.63, 3.8) is 0 Å². The first-order valence-electron chi connectivity index (χ1n) is 6.17. The first-order chi connectivity index (χ1) is 9.15. The van der Waals surface area contributed by atoms with Crippen molar-refractivity contribution in [3.8, 4) is 5.75 Å². The maximum atomic E-state index is 11.9. The van der Waals surface area contributed by atoms with Crippen molar-refractivity contribution in [1.29, 1.82) is 0 Å². The molecule has 0 saturated carbocycles. The highest BCUT2D eigenvalue weighted by molar-refractivity contribution is 5.94. The molecule has 1 aromatic heterocycles. The summed E-state index contributed by atoms with van der Waals surface area (Å²) in [7, 11) is 0. The van der Waals surface area contributed by atoms with E-state index in [1.807, 2.05) is 13.8 Å². The fourth-order valence-corrected chi connectivity index (χ4v) is 1.62. The number of H-pyrrole nitrogens is 1. The first kappa shape index (κ1) is 13.1. The smallest absolute Gasteiger partial charge is 0.251 e. The number of hydrogen-bond donors (Lipinski definition) is 2. The second kappa shape index (κ2) is 6.04. The Morgan fingerprint density at radius 3 is 2.68 bits per heavy atom. The molecule has 19 heavy (non-hydrogen) atoms. The van der Waals surface area contributed by atoms with Crippen molar-refractivity contribution < 1.29 is 9.53 Å². The van der Waals surface area contributed by atoms with Crippen LogP contribution in [0.15, 0.2) is 36.8 Å². The molecule has 0 atom stereocenters. The van der Waals surface area contributed by atoms with Gasteiger partial charge >= 0.3 is 0 Å². The van der Waals surface area contributed by atoms with Gasteiger partial charge in [0.2, 0.25) is 0 Å². The van der Waals surface area contributed by atoms with Crippen LogP contribution in [0.25, 0.3) is 0 Å². The second-order valence-corrected chi connectivity index (χ2v) is 4.45. The summed E-state index contributed by atoms with van der Waals surface area (Å²) in [6.45, 7) is 4.36. The summed E-state index contributed by atoms with van der Waals surface area (Å²) in [6, 6.07) is 7.09. The van der Waals surface area contributed by atoms with Gasteiger partial charge in [-0.15, -0.1) is 0 Å². The summed E-state index contributed by atoms with van der Waals surface area (Å²) < 4.78 is 5.52. The summed E-state index contributed by atoms with van der Waals surface area (Å²) in [5.41, 5.74) is 1.48. The molecular formula is C14H17N3O2. The monoisotopic (exact) mass is 259 g/mol. The molecule has 5 nitrogen and oxygen atoms in total. The van der Waals surface area contributed by atoms with Crippen molar-refractivity contribution >= 4 is 5.91 Å². The Labute approximate surface area is 112 Å². The number of aromatic nitrogens is 2. The highest BCUT2D eigenvalue weighted by Gasteiger charge is 2.06. The number of nitrogens with zero attached hydrogens (tertiary/aromatic N) is 1. The van der Waals surface area contributed by atoms with E-state index in [-0.39, 0.29) is 12.0 Å². The number of carbonyl (C=O) groups is 1. The molecule has 1 amide bonds. The summed E-state index contributed by atoms with van der Waals surface area (Å²) in [6.07, 6.45) is 3.39. The van der Waals surface area contributed by atoms with Crippen LogP contribution in [0.1, 0.15) is 29.9 Å². The van der Waals surface area contributed by atoms with E-state index in [0.29, 0.717) is 12.1 Å². The SMILES string of the molecule is CC(C)Oc1ccc(C(=O)NCc2cnc[nH]2)cc1. The van der Waals surface area contributed by atoms with Crippen LogP contribution in [0.3, 0.4) is 0 Å². The van der Waals surface area contributed by atoms with E-state index in [0.717, 1.165) is 11.4 Å². The lowest BCUT2D eigenvalue weighted by atomic mass is 10.2. The Balaban J connectivity index is 1.92. The van der Waals surface area contributed by atoms with Crippen molar-refractivity contribution in [1.82, 2.24) is 15.3 Å². The predicted octanol–water partition coefficient (Wildman–Crippen LogP) is 2.13. The molecule has 0 aliphatic rings. The van der Waals surface area contributed by atoms with Crippen LogP contribution in [0.5, 0.6) is 5.75 Å². The van der Waals surface area contributed by atoms with Crippen LogP contribution < -0.4 is 10.1 Å². The van der Waals surface area contributed by atoms with Crippen LogP contribution in [0, 0.1) is 0 Å². The lowest BCUT2D eigenvalue weighted by molar-refractivity contribution is 0.0950. The Morgan fingerprint density at radius 1 is 1.37 bits per heavy atom. The number of benzene rings is 1. The summed E-state index contributed by atoms with van der Waals surface area (Å²) in [4.78, 5) is 18.7. The van der Waals surface area contributed by atoms with Gasteiger partial charge in [0.1, 0.15) is 5.75 Å². The zero-order valence-electron chi connectivity index (χ0n) is 11.0. The van der Waals surface area contributed by atoms with Crippen LogP contribution in [-0.4, -0.2) is 22.0 Å². The molecule has 0 bridgehead atoms. The maximum absolute atomic E-state index is 11.9. The molecular weight excluding hydrogens is 242 g/mol. The number of ether oxygens (including phenoxy) is 1. The van der Waals surface area contributed by atoms with Crippen molar-refractivity contribution in [2.24, 2.45) is 0 Å². The lowest BCUT2D eigenvalue weighted by Crippen LogP contribution is -2.22. The Bertz CT molecular complexity index is 518. The Morgan fingerprint density at radius 2 is 2.11 bits per heavy atom. The first-order valence-corrected chi connectivity index (χ1v) is 6.17. The second-order valence-electron chi connectivity index (χ2n) is 4.45.